The Hall–Kier alpha value is -8.78. The number of rotatable bonds is 4. The minimum Gasteiger partial charge on any atom is -0.309 e. The largest absolute Gasteiger partial charge is 0.309 e. The highest BCUT2D eigenvalue weighted by atomic mass is 15.0. The van der Waals surface area contributed by atoms with Gasteiger partial charge in [-0.3, -0.25) is 0 Å². The van der Waals surface area contributed by atoms with Crippen LogP contribution in [0.2, 0.25) is 0 Å². The molecule has 3 saturated carbocycles. The van der Waals surface area contributed by atoms with Crippen LogP contribution in [-0.2, 0) is 16.2 Å². The van der Waals surface area contributed by atoms with Gasteiger partial charge < -0.3 is 4.57 Å². The molecule has 1 aromatic heterocycles. The Kier molecular flexibility index (Phi) is 10.1. The van der Waals surface area contributed by atoms with Gasteiger partial charge in [0.05, 0.1) is 11.0 Å². The predicted molar refractivity (Wildman–Crippen MR) is 340 cm³/mol. The van der Waals surface area contributed by atoms with Gasteiger partial charge in [-0.15, -0.1) is 0 Å². The van der Waals surface area contributed by atoms with Crippen LogP contribution >= 0.6 is 0 Å². The van der Waals surface area contributed by atoms with E-state index in [-0.39, 0.29) is 16.2 Å². The molecule has 0 radical (unpaired) electrons. The normalized spacial score (nSPS) is 24.1. The average Bonchev–Trinajstić information content (AvgIpc) is 1.70. The van der Waals surface area contributed by atoms with Gasteiger partial charge in [0, 0.05) is 32.7 Å². The second-order valence-electron chi connectivity index (χ2n) is 25.5. The van der Waals surface area contributed by atoms with Crippen molar-refractivity contribution in [2.75, 3.05) is 0 Å². The van der Waals surface area contributed by atoms with Crippen molar-refractivity contribution in [3.8, 4) is 72.4 Å². The summed E-state index contributed by atoms with van der Waals surface area (Å²) in [7, 11) is 0. The van der Waals surface area contributed by atoms with Crippen molar-refractivity contribution in [2.24, 2.45) is 5.92 Å². The lowest BCUT2D eigenvalue weighted by Crippen LogP contribution is -2.60. The molecule has 3 fully saturated rings. The van der Waals surface area contributed by atoms with Crippen molar-refractivity contribution < 1.29 is 0 Å². The van der Waals surface area contributed by atoms with Crippen LogP contribution in [0.4, 0.5) is 0 Å². The summed E-state index contributed by atoms with van der Waals surface area (Å²) >= 11 is 0. The van der Waals surface area contributed by atoms with E-state index in [2.05, 4.69) is 265 Å². The van der Waals surface area contributed by atoms with Crippen molar-refractivity contribution >= 4 is 21.8 Å². The fraction of sp³-hybridized carbons (Fsp3) is 0.185. The molecule has 0 amide bonds. The molecule has 3 spiro atoms. The Labute approximate surface area is 481 Å². The molecular weight excluding hydrogens is 987 g/mol. The minimum atomic E-state index is -0.155. The maximum atomic E-state index is 2.67. The zero-order valence-electron chi connectivity index (χ0n) is 46.2. The number of hydrogen-bond donors (Lipinski definition) is 0. The van der Waals surface area contributed by atoms with E-state index in [4.69, 9.17) is 0 Å². The topological polar surface area (TPSA) is 4.93 Å². The monoisotopic (exact) mass is 1050 g/mol. The van der Waals surface area contributed by atoms with Crippen LogP contribution in [-0.4, -0.2) is 4.57 Å². The predicted octanol–water partition coefficient (Wildman–Crippen LogP) is 21.0. The van der Waals surface area contributed by atoms with E-state index in [1.165, 1.54) is 133 Å². The highest BCUT2D eigenvalue weighted by Gasteiger charge is 2.69. The van der Waals surface area contributed by atoms with Crippen molar-refractivity contribution in [3.05, 3.63) is 294 Å². The first-order valence-electron chi connectivity index (χ1n) is 30.5. The molecule has 1 nitrogen and oxygen atoms in total. The molecule has 6 aliphatic rings. The van der Waals surface area contributed by atoms with Gasteiger partial charge in [0.2, 0.25) is 0 Å². The van der Waals surface area contributed by atoms with E-state index >= 15 is 0 Å². The first-order chi connectivity index (χ1) is 40.6. The van der Waals surface area contributed by atoms with Crippen molar-refractivity contribution in [1.29, 1.82) is 0 Å². The highest BCUT2D eigenvalue weighted by molar-refractivity contribution is 6.11. The Bertz CT molecular complexity index is 4460. The Morgan fingerprint density at radius 1 is 0.293 bits per heavy atom. The Balaban J connectivity index is 0.880. The summed E-state index contributed by atoms with van der Waals surface area (Å²) in [6, 6.07) is 102. The Morgan fingerprint density at radius 2 is 0.707 bits per heavy atom. The van der Waals surface area contributed by atoms with Crippen molar-refractivity contribution in [3.63, 3.8) is 0 Å². The number of benzene rings is 11. The van der Waals surface area contributed by atoms with Gasteiger partial charge in [0.25, 0.3) is 0 Å². The Morgan fingerprint density at radius 3 is 1.27 bits per heavy atom. The zero-order valence-corrected chi connectivity index (χ0v) is 46.2. The van der Waals surface area contributed by atoms with Crippen LogP contribution in [0.5, 0.6) is 0 Å². The SMILES string of the molecule is c1ccc(-c2ccc3c(c2)c2cc(-c4ccccc4)ccc2n3-c2ccc(-c3cccc4c3-c3ccccc3C3CC56CC(CCC78CCC(CC4(C3)C75)c3ccccc3-c3ccccc38)c3ccccc3-c3ccccc36)cc2)cc1. The lowest BCUT2D eigenvalue weighted by atomic mass is 9.40. The van der Waals surface area contributed by atoms with Gasteiger partial charge >= 0.3 is 0 Å². The van der Waals surface area contributed by atoms with E-state index in [0.717, 1.165) is 12.8 Å². The lowest BCUT2D eigenvalue weighted by Gasteiger charge is -2.63. The highest BCUT2D eigenvalue weighted by Crippen LogP contribution is 2.76. The molecule has 1 heteroatoms. The van der Waals surface area contributed by atoms with Crippen molar-refractivity contribution in [1.82, 2.24) is 4.57 Å². The van der Waals surface area contributed by atoms with Gasteiger partial charge in [-0.1, -0.05) is 224 Å². The summed E-state index contributed by atoms with van der Waals surface area (Å²) in [4.78, 5) is 0. The number of aromatic nitrogens is 1. The van der Waals surface area contributed by atoms with Crippen molar-refractivity contribution in [2.45, 2.75) is 85.4 Å². The summed E-state index contributed by atoms with van der Waals surface area (Å²) in [5, 5.41) is 2.53. The van der Waals surface area contributed by atoms with E-state index in [1.54, 1.807) is 33.4 Å². The molecule has 7 unspecified atom stereocenters. The van der Waals surface area contributed by atoms with E-state index < -0.39 is 0 Å². The summed E-state index contributed by atoms with van der Waals surface area (Å²) in [5.74, 6) is 1.63. The quantitative estimate of drug-likeness (QED) is 0.166. The minimum absolute atomic E-state index is 0.0601. The molecule has 6 aliphatic carbocycles. The molecule has 18 rings (SSSR count). The van der Waals surface area contributed by atoms with E-state index in [9.17, 15) is 0 Å². The average molecular weight is 1050 g/mol. The molecule has 7 atom stereocenters. The molecule has 392 valence electrons. The number of nitrogens with zero attached hydrogens (tertiary/aromatic N) is 1. The molecule has 0 aliphatic heterocycles. The first kappa shape index (κ1) is 46.9. The second kappa shape index (κ2) is 17.6. The number of hydrogen-bond acceptors (Lipinski definition) is 0. The van der Waals surface area contributed by atoms with Gasteiger partial charge in [-0.2, -0.15) is 0 Å². The van der Waals surface area contributed by atoms with Gasteiger partial charge in [0.15, 0.2) is 0 Å². The molecule has 1 heterocycles. The summed E-state index contributed by atoms with van der Waals surface area (Å²) in [5.41, 5.74) is 29.2. The molecule has 0 saturated heterocycles. The fourth-order valence-corrected chi connectivity index (χ4v) is 19.3. The maximum absolute atomic E-state index is 2.67. The standard InChI is InChI=1S/C81H63N/c1-3-18-52(19-4-1)55-36-40-75-70(46-55)71-47-56(53-20-5-2-6-21-53)37-41-76(71)82(75)60-38-34-54(35-39-60)64-30-17-33-74-77(64)69-29-12-9-24-63(69)59-50-80-48-57(61-22-8-11-26-66(61)68-28-14-16-32-73(68)80)42-44-79-45-43-58(49-81(74,51-59)78(79)80)62-23-7-10-25-65(62)67-27-13-15-31-72(67)79/h1-41,46-47,57-59,78H,42-45,48-51H2. The molecule has 0 N–H and O–H groups in total. The van der Waals surface area contributed by atoms with Gasteiger partial charge in [-0.25, -0.2) is 0 Å². The van der Waals surface area contributed by atoms with Gasteiger partial charge in [-0.05, 0) is 212 Å². The zero-order chi connectivity index (χ0) is 53.7. The summed E-state index contributed by atoms with van der Waals surface area (Å²) in [6.45, 7) is 0. The molecule has 11 aromatic carbocycles. The lowest BCUT2D eigenvalue weighted by molar-refractivity contribution is 0.00200. The van der Waals surface area contributed by atoms with Crippen LogP contribution in [0.25, 0.3) is 94.3 Å². The van der Waals surface area contributed by atoms with E-state index in [1.807, 2.05) is 0 Å². The first-order valence-corrected chi connectivity index (χ1v) is 30.5. The molecule has 82 heavy (non-hydrogen) atoms. The number of fused-ring (bicyclic) bond motifs is 19. The van der Waals surface area contributed by atoms with Crippen LogP contribution in [0.1, 0.15) is 103 Å². The van der Waals surface area contributed by atoms with Crippen LogP contribution in [0, 0.1) is 5.92 Å². The second-order valence-corrected chi connectivity index (χ2v) is 25.5. The van der Waals surface area contributed by atoms with E-state index in [0.29, 0.717) is 23.7 Å². The maximum Gasteiger partial charge on any atom is 0.0541 e. The van der Waals surface area contributed by atoms with Crippen LogP contribution < -0.4 is 0 Å². The molecular formula is C81H63N. The fourth-order valence-electron chi connectivity index (χ4n) is 19.3. The smallest absolute Gasteiger partial charge is 0.0541 e. The third-order valence-corrected chi connectivity index (χ3v) is 22.0. The molecule has 6 bridgehead atoms. The molecule has 12 aromatic rings. The van der Waals surface area contributed by atoms with Gasteiger partial charge in [0.1, 0.15) is 0 Å². The van der Waals surface area contributed by atoms with Crippen LogP contribution in [0.15, 0.2) is 261 Å². The summed E-state index contributed by atoms with van der Waals surface area (Å²) in [6.07, 6.45) is 9.49. The summed E-state index contributed by atoms with van der Waals surface area (Å²) < 4.78 is 2.50. The third kappa shape index (κ3) is 6.51. The van der Waals surface area contributed by atoms with Crippen LogP contribution in [0.3, 0.4) is 0 Å². The third-order valence-electron chi connectivity index (χ3n) is 22.0.